The van der Waals surface area contributed by atoms with Gasteiger partial charge in [-0.25, -0.2) is 0 Å². The third kappa shape index (κ3) is 2.44. The second kappa shape index (κ2) is 5.78. The Hall–Kier alpha value is -2.39. The van der Waals surface area contributed by atoms with Gasteiger partial charge in [-0.2, -0.15) is 0 Å². The second-order valence-corrected chi connectivity index (χ2v) is 5.38. The zero-order chi connectivity index (χ0) is 15.6. The van der Waals surface area contributed by atoms with Gasteiger partial charge in [0.25, 0.3) is 0 Å². The maximum atomic E-state index is 11.2. The summed E-state index contributed by atoms with van der Waals surface area (Å²) in [6, 6.07) is 15.7. The molecule has 3 heteroatoms. The molecule has 0 saturated carbocycles. The number of ether oxygens (including phenoxy) is 1. The highest BCUT2D eigenvalue weighted by atomic mass is 16.5. The van der Waals surface area contributed by atoms with Crippen LogP contribution in [0.15, 0.2) is 60.9 Å². The average Bonchev–Trinajstić information content (AvgIpc) is 2.60. The Morgan fingerprint density at radius 3 is 2.50 bits per heavy atom. The smallest absolute Gasteiger partial charge is 0.119 e. The highest BCUT2D eigenvalue weighted by Gasteiger charge is 2.29. The molecule has 1 heterocycles. The van der Waals surface area contributed by atoms with Crippen molar-refractivity contribution in [2.45, 2.75) is 18.9 Å². The Bertz CT molecular complexity index is 786. The van der Waals surface area contributed by atoms with Gasteiger partial charge in [0.1, 0.15) is 11.4 Å². The fourth-order valence-corrected chi connectivity index (χ4v) is 2.79. The molecule has 22 heavy (non-hydrogen) atoms. The van der Waals surface area contributed by atoms with E-state index in [4.69, 9.17) is 4.74 Å². The van der Waals surface area contributed by atoms with Gasteiger partial charge in [-0.15, -0.1) is 0 Å². The van der Waals surface area contributed by atoms with Crippen molar-refractivity contribution in [1.82, 2.24) is 4.98 Å². The van der Waals surface area contributed by atoms with Crippen LogP contribution in [0.4, 0.5) is 0 Å². The fourth-order valence-electron chi connectivity index (χ4n) is 2.79. The highest BCUT2D eigenvalue weighted by molar-refractivity contribution is 5.84. The first kappa shape index (κ1) is 14.5. The van der Waals surface area contributed by atoms with Crippen LogP contribution in [0.5, 0.6) is 5.75 Å². The Labute approximate surface area is 130 Å². The summed E-state index contributed by atoms with van der Waals surface area (Å²) in [6.07, 6.45) is 4.02. The summed E-state index contributed by atoms with van der Waals surface area (Å²) in [5.74, 6) is 0.832. The van der Waals surface area contributed by atoms with E-state index in [0.717, 1.165) is 27.6 Å². The van der Waals surface area contributed by atoms with Crippen LogP contribution in [0.3, 0.4) is 0 Å². The maximum absolute atomic E-state index is 11.2. The molecule has 2 aromatic carbocycles. The normalized spacial score (nSPS) is 13.8. The molecule has 0 bridgehead atoms. The Morgan fingerprint density at radius 2 is 1.82 bits per heavy atom. The molecule has 1 N–H and O–H groups in total. The molecule has 3 aromatic rings. The van der Waals surface area contributed by atoms with Crippen LogP contribution in [0.2, 0.25) is 0 Å². The van der Waals surface area contributed by atoms with Crippen molar-refractivity contribution in [3.05, 3.63) is 72.1 Å². The molecule has 0 radical (unpaired) electrons. The monoisotopic (exact) mass is 293 g/mol. The first-order valence-electron chi connectivity index (χ1n) is 7.38. The Kier molecular flexibility index (Phi) is 3.82. The van der Waals surface area contributed by atoms with Gasteiger partial charge < -0.3 is 9.84 Å². The minimum atomic E-state index is -1.03. The zero-order valence-corrected chi connectivity index (χ0v) is 12.8. The topological polar surface area (TPSA) is 42.4 Å². The van der Waals surface area contributed by atoms with Crippen molar-refractivity contribution in [1.29, 1.82) is 0 Å². The van der Waals surface area contributed by atoms with Crippen molar-refractivity contribution < 1.29 is 9.84 Å². The lowest BCUT2D eigenvalue weighted by molar-refractivity contribution is 0.0763. The minimum Gasteiger partial charge on any atom is -0.497 e. The van der Waals surface area contributed by atoms with Crippen molar-refractivity contribution in [3.63, 3.8) is 0 Å². The quantitative estimate of drug-likeness (QED) is 0.793. The van der Waals surface area contributed by atoms with E-state index in [1.54, 1.807) is 19.5 Å². The third-order valence-electron chi connectivity index (χ3n) is 4.18. The van der Waals surface area contributed by atoms with Crippen LogP contribution in [-0.2, 0) is 5.60 Å². The molecule has 0 aliphatic carbocycles. The largest absolute Gasteiger partial charge is 0.497 e. The summed E-state index contributed by atoms with van der Waals surface area (Å²) < 4.78 is 5.25. The molecule has 0 fully saturated rings. The molecule has 0 amide bonds. The number of nitrogens with zero attached hydrogens (tertiary/aromatic N) is 1. The number of rotatable bonds is 4. The average molecular weight is 293 g/mol. The predicted octanol–water partition coefficient (Wildman–Crippen LogP) is 3.89. The number of hydrogen-bond acceptors (Lipinski definition) is 3. The van der Waals surface area contributed by atoms with E-state index in [1.165, 1.54) is 0 Å². The van der Waals surface area contributed by atoms with Crippen LogP contribution in [0.25, 0.3) is 10.8 Å². The Balaban J connectivity index is 2.12. The van der Waals surface area contributed by atoms with Crippen LogP contribution >= 0.6 is 0 Å². The first-order chi connectivity index (χ1) is 10.7. The van der Waals surface area contributed by atoms with Crippen molar-refractivity contribution in [3.8, 4) is 5.75 Å². The van der Waals surface area contributed by atoms with Crippen LogP contribution in [0, 0.1) is 0 Å². The molecular formula is C19H19NO2. The van der Waals surface area contributed by atoms with E-state index in [-0.39, 0.29) is 0 Å². The van der Waals surface area contributed by atoms with Crippen LogP contribution < -0.4 is 4.74 Å². The molecule has 1 aromatic heterocycles. The lowest BCUT2D eigenvalue weighted by atomic mass is 9.84. The second-order valence-electron chi connectivity index (χ2n) is 5.38. The van der Waals surface area contributed by atoms with Gasteiger partial charge in [0.15, 0.2) is 0 Å². The number of aliphatic hydroxyl groups is 1. The standard InChI is InChI=1S/C19H19NO2/c1-3-19(21,17-5-4-10-20-13-17)16-8-6-15-12-18(22-2)9-7-14(15)11-16/h4-13,21H,3H2,1-2H3. The summed E-state index contributed by atoms with van der Waals surface area (Å²) in [6.45, 7) is 1.98. The van der Waals surface area contributed by atoms with E-state index in [1.807, 2.05) is 55.5 Å². The van der Waals surface area contributed by atoms with Gasteiger partial charge in [-0.1, -0.05) is 31.2 Å². The lowest BCUT2D eigenvalue weighted by Crippen LogP contribution is -2.26. The summed E-state index contributed by atoms with van der Waals surface area (Å²) in [7, 11) is 1.66. The number of hydrogen-bond donors (Lipinski definition) is 1. The minimum absolute atomic E-state index is 0.584. The van der Waals surface area contributed by atoms with E-state index >= 15 is 0 Å². The van der Waals surface area contributed by atoms with Gasteiger partial charge >= 0.3 is 0 Å². The number of methoxy groups -OCH3 is 1. The van der Waals surface area contributed by atoms with Gasteiger partial charge in [0, 0.05) is 18.0 Å². The van der Waals surface area contributed by atoms with E-state index in [9.17, 15) is 5.11 Å². The molecule has 3 nitrogen and oxygen atoms in total. The molecule has 3 rings (SSSR count). The lowest BCUT2D eigenvalue weighted by Gasteiger charge is -2.28. The van der Waals surface area contributed by atoms with Gasteiger partial charge in [-0.05, 0) is 47.0 Å². The summed E-state index contributed by atoms with van der Waals surface area (Å²) in [5, 5.41) is 13.3. The predicted molar refractivity (Wildman–Crippen MR) is 88.0 cm³/mol. The molecular weight excluding hydrogens is 274 g/mol. The third-order valence-corrected chi connectivity index (χ3v) is 4.18. The van der Waals surface area contributed by atoms with Crippen LogP contribution in [-0.4, -0.2) is 17.2 Å². The molecule has 0 aliphatic rings. The summed E-state index contributed by atoms with van der Waals surface area (Å²) in [5.41, 5.74) is 0.661. The van der Waals surface area contributed by atoms with E-state index in [0.29, 0.717) is 6.42 Å². The number of fused-ring (bicyclic) bond motifs is 1. The van der Waals surface area contributed by atoms with Crippen molar-refractivity contribution >= 4 is 10.8 Å². The molecule has 1 atom stereocenters. The van der Waals surface area contributed by atoms with Crippen molar-refractivity contribution in [2.75, 3.05) is 7.11 Å². The first-order valence-corrected chi connectivity index (χ1v) is 7.38. The maximum Gasteiger partial charge on any atom is 0.119 e. The SMILES string of the molecule is CCC(O)(c1cccnc1)c1ccc2cc(OC)ccc2c1. The number of benzene rings is 2. The van der Waals surface area contributed by atoms with Gasteiger partial charge in [0.05, 0.1) is 7.11 Å². The number of aromatic nitrogens is 1. The van der Waals surface area contributed by atoms with E-state index < -0.39 is 5.60 Å². The molecule has 0 spiro atoms. The summed E-state index contributed by atoms with van der Waals surface area (Å²) in [4.78, 5) is 4.13. The summed E-state index contributed by atoms with van der Waals surface area (Å²) >= 11 is 0. The fraction of sp³-hybridized carbons (Fsp3) is 0.211. The van der Waals surface area contributed by atoms with Crippen molar-refractivity contribution in [2.24, 2.45) is 0 Å². The van der Waals surface area contributed by atoms with E-state index in [2.05, 4.69) is 4.98 Å². The molecule has 0 saturated heterocycles. The Morgan fingerprint density at radius 1 is 1.05 bits per heavy atom. The van der Waals surface area contributed by atoms with Gasteiger partial charge in [-0.3, -0.25) is 4.98 Å². The molecule has 0 aliphatic heterocycles. The zero-order valence-electron chi connectivity index (χ0n) is 12.8. The van der Waals surface area contributed by atoms with Gasteiger partial charge in [0.2, 0.25) is 0 Å². The highest BCUT2D eigenvalue weighted by Crippen LogP contribution is 2.34. The van der Waals surface area contributed by atoms with Crippen LogP contribution in [0.1, 0.15) is 24.5 Å². The molecule has 112 valence electrons. The molecule has 1 unspecified atom stereocenters. The number of pyridine rings is 1.